The van der Waals surface area contributed by atoms with Crippen molar-refractivity contribution in [3.8, 4) is 11.1 Å². The maximum absolute atomic E-state index is 12.8. The molecule has 0 spiro atoms. The van der Waals surface area contributed by atoms with Crippen LogP contribution >= 0.6 is 11.6 Å². The number of nitrogens with zero attached hydrogens (tertiary/aromatic N) is 4. The highest BCUT2D eigenvalue weighted by molar-refractivity contribution is 6.33. The molecule has 0 bridgehead atoms. The summed E-state index contributed by atoms with van der Waals surface area (Å²) in [5, 5.41) is -0.0133. The number of hydrogen-bond acceptors (Lipinski definition) is 3. The predicted octanol–water partition coefficient (Wildman–Crippen LogP) is 4.78. The largest absolute Gasteiger partial charge is 0.416 e. The Labute approximate surface area is 170 Å². The second-order valence-electron chi connectivity index (χ2n) is 7.07. The van der Waals surface area contributed by atoms with Gasteiger partial charge < -0.3 is 9.47 Å². The van der Waals surface area contributed by atoms with Gasteiger partial charge in [0.05, 0.1) is 11.9 Å². The summed E-state index contributed by atoms with van der Waals surface area (Å²) in [5.74, 6) is 0.0284. The molecule has 1 fully saturated rings. The number of imidazole rings is 1. The molecular weight excluding hydrogens is 405 g/mol. The minimum Gasteiger partial charge on any atom is -0.341 e. The molecule has 1 amide bonds. The summed E-state index contributed by atoms with van der Waals surface area (Å²) in [6.07, 6.45) is 1.81. The van der Waals surface area contributed by atoms with E-state index in [2.05, 4.69) is 9.97 Å². The van der Waals surface area contributed by atoms with E-state index in [-0.39, 0.29) is 17.5 Å². The summed E-state index contributed by atoms with van der Waals surface area (Å²) >= 11 is 6.08. The lowest BCUT2D eigenvalue weighted by Crippen LogP contribution is -2.37. The summed E-state index contributed by atoms with van der Waals surface area (Å²) in [6.45, 7) is 1.70. The van der Waals surface area contributed by atoms with Gasteiger partial charge in [0, 0.05) is 35.4 Å². The number of hydrogen-bond donors (Lipinski definition) is 0. The molecule has 0 N–H and O–H groups in total. The minimum atomic E-state index is -4.45. The van der Waals surface area contributed by atoms with Crippen LogP contribution in [0.1, 0.15) is 24.8 Å². The topological polar surface area (TPSA) is 51.0 Å². The number of carbonyl (C=O) groups excluding carboxylic acids is 1. The fourth-order valence-electron chi connectivity index (χ4n) is 3.53. The molecule has 0 saturated carbocycles. The maximum Gasteiger partial charge on any atom is 0.416 e. The monoisotopic (exact) mass is 422 g/mol. The highest BCUT2D eigenvalue weighted by Crippen LogP contribution is 2.35. The summed E-state index contributed by atoms with van der Waals surface area (Å²) in [4.78, 5) is 23.0. The predicted molar refractivity (Wildman–Crippen MR) is 103 cm³/mol. The molecule has 0 unspecified atom stereocenters. The number of aromatic nitrogens is 3. The molecule has 3 aromatic rings. The molecule has 1 aliphatic heterocycles. The first-order valence-corrected chi connectivity index (χ1v) is 9.66. The number of piperidine rings is 1. The van der Waals surface area contributed by atoms with Crippen molar-refractivity contribution < 1.29 is 18.0 Å². The third kappa shape index (κ3) is 4.07. The van der Waals surface area contributed by atoms with Gasteiger partial charge in [0.2, 0.25) is 5.91 Å². The van der Waals surface area contributed by atoms with E-state index in [1.54, 1.807) is 17.0 Å². The van der Waals surface area contributed by atoms with Crippen molar-refractivity contribution in [1.29, 1.82) is 0 Å². The zero-order chi connectivity index (χ0) is 20.6. The first-order valence-electron chi connectivity index (χ1n) is 9.29. The Morgan fingerprint density at radius 1 is 1.10 bits per heavy atom. The summed E-state index contributed by atoms with van der Waals surface area (Å²) < 4.78 is 40.2. The van der Waals surface area contributed by atoms with Crippen LogP contribution in [0, 0.1) is 0 Å². The van der Waals surface area contributed by atoms with E-state index in [1.165, 1.54) is 12.3 Å². The highest BCUT2D eigenvalue weighted by Gasteiger charge is 2.31. The molecule has 9 heteroatoms. The Balaban J connectivity index is 1.59. The highest BCUT2D eigenvalue weighted by atomic mass is 35.5. The number of halogens is 4. The molecule has 1 aromatic carbocycles. The number of alkyl halides is 3. The quantitative estimate of drug-likeness (QED) is 0.610. The lowest BCUT2D eigenvalue weighted by molar-refractivity contribution is -0.137. The van der Waals surface area contributed by atoms with Crippen molar-refractivity contribution in [2.75, 3.05) is 13.1 Å². The second kappa shape index (κ2) is 7.67. The molecule has 1 saturated heterocycles. The second-order valence-corrected chi connectivity index (χ2v) is 7.48. The first kappa shape index (κ1) is 19.7. The fraction of sp³-hybridized carbons (Fsp3) is 0.350. The third-order valence-electron chi connectivity index (χ3n) is 5.08. The van der Waals surface area contributed by atoms with Crippen molar-refractivity contribution in [2.45, 2.75) is 32.0 Å². The molecule has 2 aromatic heterocycles. The number of likely N-dealkylation sites (tertiary alicyclic amines) is 1. The lowest BCUT2D eigenvalue weighted by atomic mass is 10.0. The molecular formula is C20H18ClF3N4O. The van der Waals surface area contributed by atoms with Crippen LogP contribution < -0.4 is 0 Å². The lowest BCUT2D eigenvalue weighted by Gasteiger charge is -2.26. The van der Waals surface area contributed by atoms with E-state index in [0.29, 0.717) is 22.3 Å². The van der Waals surface area contributed by atoms with E-state index in [9.17, 15) is 18.0 Å². The van der Waals surface area contributed by atoms with Gasteiger partial charge in [0.15, 0.2) is 5.65 Å². The molecule has 0 radical (unpaired) electrons. The fourth-order valence-corrected chi connectivity index (χ4v) is 3.82. The average Bonchev–Trinajstić information content (AvgIpc) is 3.10. The van der Waals surface area contributed by atoms with Gasteiger partial charge in [-0.3, -0.25) is 4.79 Å². The van der Waals surface area contributed by atoms with Gasteiger partial charge >= 0.3 is 6.18 Å². The molecule has 0 atom stereocenters. The van der Waals surface area contributed by atoms with Crippen LogP contribution in [-0.4, -0.2) is 38.4 Å². The standard InChI is InChI=1S/C20H18ClF3N4O/c21-16-9-14(20(22,23)24)4-5-15(16)13-8-17-19(25-10-13)28(12-26-17)11-18(29)27-6-2-1-3-7-27/h4-5,8-10,12H,1-3,6-7,11H2. The Morgan fingerprint density at radius 3 is 2.55 bits per heavy atom. The number of fused-ring (bicyclic) bond motifs is 1. The zero-order valence-corrected chi connectivity index (χ0v) is 16.2. The first-order chi connectivity index (χ1) is 13.8. The Hall–Kier alpha value is -2.61. The number of benzene rings is 1. The van der Waals surface area contributed by atoms with Crippen molar-refractivity contribution in [2.24, 2.45) is 0 Å². The SMILES string of the molecule is O=C(Cn1cnc2cc(-c3ccc(C(F)(F)F)cc3Cl)cnc21)N1CCCCC1. The number of pyridine rings is 1. The summed E-state index contributed by atoms with van der Waals surface area (Å²) in [7, 11) is 0. The van der Waals surface area contributed by atoms with Crippen LogP contribution in [0.3, 0.4) is 0 Å². The smallest absolute Gasteiger partial charge is 0.341 e. The number of amides is 1. The molecule has 5 nitrogen and oxygen atoms in total. The van der Waals surface area contributed by atoms with Gasteiger partial charge in [0.1, 0.15) is 12.1 Å². The molecule has 0 aliphatic carbocycles. The van der Waals surface area contributed by atoms with Gasteiger partial charge in [-0.15, -0.1) is 0 Å². The molecule has 3 heterocycles. The Kier molecular flexibility index (Phi) is 5.21. The number of rotatable bonds is 3. The van der Waals surface area contributed by atoms with Gasteiger partial charge in [-0.05, 0) is 37.5 Å². The van der Waals surface area contributed by atoms with Crippen molar-refractivity contribution in [3.63, 3.8) is 0 Å². The van der Waals surface area contributed by atoms with E-state index < -0.39 is 11.7 Å². The van der Waals surface area contributed by atoms with Crippen LogP contribution in [0.25, 0.3) is 22.3 Å². The zero-order valence-electron chi connectivity index (χ0n) is 15.4. The van der Waals surface area contributed by atoms with E-state index in [4.69, 9.17) is 11.6 Å². The van der Waals surface area contributed by atoms with Crippen LogP contribution in [-0.2, 0) is 17.5 Å². The summed E-state index contributed by atoms with van der Waals surface area (Å²) in [5.41, 5.74) is 1.28. The van der Waals surface area contributed by atoms with Crippen LogP contribution in [0.5, 0.6) is 0 Å². The average molecular weight is 423 g/mol. The number of carbonyl (C=O) groups is 1. The van der Waals surface area contributed by atoms with Crippen LogP contribution in [0.4, 0.5) is 13.2 Å². The van der Waals surface area contributed by atoms with Gasteiger partial charge in [-0.1, -0.05) is 17.7 Å². The Bertz CT molecular complexity index is 1060. The van der Waals surface area contributed by atoms with Crippen LogP contribution in [0.2, 0.25) is 5.02 Å². The molecule has 1 aliphatic rings. The normalized spacial score (nSPS) is 15.1. The van der Waals surface area contributed by atoms with E-state index >= 15 is 0 Å². The summed E-state index contributed by atoms with van der Waals surface area (Å²) in [6, 6.07) is 4.92. The maximum atomic E-state index is 12.8. The van der Waals surface area contributed by atoms with E-state index in [1.807, 2.05) is 4.90 Å². The van der Waals surface area contributed by atoms with Gasteiger partial charge in [-0.25, -0.2) is 9.97 Å². The Morgan fingerprint density at radius 2 is 1.86 bits per heavy atom. The van der Waals surface area contributed by atoms with Crippen LogP contribution in [0.15, 0.2) is 36.8 Å². The molecule has 152 valence electrons. The molecule has 29 heavy (non-hydrogen) atoms. The van der Waals surface area contributed by atoms with E-state index in [0.717, 1.165) is 44.5 Å². The van der Waals surface area contributed by atoms with Gasteiger partial charge in [0.25, 0.3) is 0 Å². The van der Waals surface area contributed by atoms with Crippen molar-refractivity contribution >= 4 is 28.7 Å². The van der Waals surface area contributed by atoms with Crippen molar-refractivity contribution in [3.05, 3.63) is 47.4 Å². The van der Waals surface area contributed by atoms with Gasteiger partial charge in [-0.2, -0.15) is 13.2 Å². The minimum absolute atomic E-state index is 0.0133. The molecule has 4 rings (SSSR count). The van der Waals surface area contributed by atoms with Crippen molar-refractivity contribution in [1.82, 2.24) is 19.4 Å². The third-order valence-corrected chi connectivity index (χ3v) is 5.39.